The Morgan fingerprint density at radius 3 is 2.79 bits per heavy atom. The second kappa shape index (κ2) is 5.87. The summed E-state index contributed by atoms with van der Waals surface area (Å²) in [6, 6.07) is 2.43. The Labute approximate surface area is 143 Å². The van der Waals surface area contributed by atoms with Gasteiger partial charge < -0.3 is 4.90 Å². The molecule has 0 aromatic carbocycles. The van der Waals surface area contributed by atoms with Crippen LogP contribution in [0.5, 0.6) is 0 Å². The van der Waals surface area contributed by atoms with Gasteiger partial charge in [-0.15, -0.1) is 0 Å². The van der Waals surface area contributed by atoms with Gasteiger partial charge in [-0.3, -0.25) is 9.48 Å². The summed E-state index contributed by atoms with van der Waals surface area (Å²) in [7, 11) is 1.92. The van der Waals surface area contributed by atoms with Crippen molar-refractivity contribution >= 4 is 16.9 Å². The van der Waals surface area contributed by atoms with Crippen molar-refractivity contribution < 1.29 is 4.79 Å². The minimum Gasteiger partial charge on any atom is -0.336 e. The molecule has 1 saturated carbocycles. The molecule has 0 radical (unpaired) electrons. The molecule has 0 spiro atoms. The molecule has 0 bridgehead atoms. The molecule has 0 N–H and O–H groups in total. The highest BCUT2D eigenvalue weighted by Crippen LogP contribution is 2.40. The van der Waals surface area contributed by atoms with Crippen molar-refractivity contribution in [3.8, 4) is 0 Å². The van der Waals surface area contributed by atoms with E-state index < -0.39 is 0 Å². The fourth-order valence-corrected chi connectivity index (χ4v) is 4.07. The van der Waals surface area contributed by atoms with E-state index in [2.05, 4.69) is 23.0 Å². The standard InChI is InChI=1S/C19H26N4O/c1-4-14-7-5-6-10-23(14)19(24)15-11-16(13-8-9-13)20-18-17(15)12(2)21-22(18)3/h11,13-14H,4-10H2,1-3H3. The first-order valence-corrected chi connectivity index (χ1v) is 9.25. The lowest BCUT2D eigenvalue weighted by Crippen LogP contribution is -2.43. The molecule has 1 unspecified atom stereocenters. The summed E-state index contributed by atoms with van der Waals surface area (Å²) in [6.07, 6.45) is 6.86. The van der Waals surface area contributed by atoms with E-state index in [1.165, 1.54) is 19.3 Å². The number of fused-ring (bicyclic) bond motifs is 1. The van der Waals surface area contributed by atoms with Gasteiger partial charge in [0.05, 0.1) is 16.6 Å². The molecule has 2 aromatic heterocycles. The van der Waals surface area contributed by atoms with E-state index in [9.17, 15) is 4.79 Å². The third-order valence-electron chi connectivity index (χ3n) is 5.57. The second-order valence-corrected chi connectivity index (χ2v) is 7.33. The molecule has 128 valence electrons. The quantitative estimate of drug-likeness (QED) is 0.866. The normalized spacial score (nSPS) is 21.5. The van der Waals surface area contributed by atoms with Gasteiger partial charge in [-0.1, -0.05) is 6.92 Å². The fourth-order valence-electron chi connectivity index (χ4n) is 4.07. The molecule has 1 aliphatic heterocycles. The maximum Gasteiger partial charge on any atom is 0.254 e. The third kappa shape index (κ3) is 2.50. The molecule has 4 rings (SSSR count). The van der Waals surface area contributed by atoms with E-state index in [-0.39, 0.29) is 5.91 Å². The summed E-state index contributed by atoms with van der Waals surface area (Å²) in [5.41, 5.74) is 3.63. The first-order valence-electron chi connectivity index (χ1n) is 9.25. The third-order valence-corrected chi connectivity index (χ3v) is 5.57. The van der Waals surface area contributed by atoms with Crippen LogP contribution in [0.1, 0.15) is 73.1 Å². The van der Waals surface area contributed by atoms with E-state index >= 15 is 0 Å². The topological polar surface area (TPSA) is 51.0 Å². The van der Waals surface area contributed by atoms with E-state index in [0.717, 1.165) is 53.8 Å². The van der Waals surface area contributed by atoms with E-state index in [1.807, 2.05) is 18.7 Å². The van der Waals surface area contributed by atoms with Crippen molar-refractivity contribution in [1.82, 2.24) is 19.7 Å². The highest BCUT2D eigenvalue weighted by molar-refractivity contribution is 6.06. The van der Waals surface area contributed by atoms with Crippen molar-refractivity contribution in [3.63, 3.8) is 0 Å². The molecule has 5 heteroatoms. The van der Waals surface area contributed by atoms with Gasteiger partial charge in [-0.05, 0) is 51.5 Å². The lowest BCUT2D eigenvalue weighted by atomic mass is 9.98. The molecule has 2 aliphatic rings. The van der Waals surface area contributed by atoms with Gasteiger partial charge in [0.25, 0.3) is 5.91 Å². The first kappa shape index (κ1) is 15.6. The average Bonchev–Trinajstić information content (AvgIpc) is 3.40. The lowest BCUT2D eigenvalue weighted by molar-refractivity contribution is 0.0610. The van der Waals surface area contributed by atoms with Gasteiger partial charge in [0.2, 0.25) is 0 Å². The van der Waals surface area contributed by atoms with E-state index in [0.29, 0.717) is 12.0 Å². The Morgan fingerprint density at radius 1 is 1.29 bits per heavy atom. The fraction of sp³-hybridized carbons (Fsp3) is 0.632. The number of carbonyl (C=O) groups excluding carboxylic acids is 1. The van der Waals surface area contributed by atoms with Crippen LogP contribution in [0.15, 0.2) is 6.07 Å². The summed E-state index contributed by atoms with van der Waals surface area (Å²) in [4.78, 5) is 20.3. The first-order chi connectivity index (χ1) is 11.6. The Morgan fingerprint density at radius 2 is 2.08 bits per heavy atom. The molecule has 24 heavy (non-hydrogen) atoms. The van der Waals surface area contributed by atoms with Gasteiger partial charge in [-0.2, -0.15) is 5.10 Å². The smallest absolute Gasteiger partial charge is 0.254 e. The number of likely N-dealkylation sites (tertiary alicyclic amines) is 1. The number of hydrogen-bond acceptors (Lipinski definition) is 3. The Bertz CT molecular complexity index is 790. The number of aryl methyl sites for hydroxylation is 2. The largest absolute Gasteiger partial charge is 0.336 e. The maximum absolute atomic E-state index is 13.4. The van der Waals surface area contributed by atoms with Crippen LogP contribution in [-0.4, -0.2) is 38.2 Å². The number of aromatic nitrogens is 3. The van der Waals surface area contributed by atoms with Gasteiger partial charge in [0, 0.05) is 31.2 Å². The molecule has 1 aliphatic carbocycles. The second-order valence-electron chi connectivity index (χ2n) is 7.33. The van der Waals surface area contributed by atoms with Crippen LogP contribution in [0, 0.1) is 6.92 Å². The molecular formula is C19H26N4O. The van der Waals surface area contributed by atoms with Gasteiger partial charge in [0.15, 0.2) is 5.65 Å². The van der Waals surface area contributed by atoms with Crippen molar-refractivity contribution in [2.45, 2.75) is 64.3 Å². The summed E-state index contributed by atoms with van der Waals surface area (Å²) in [5.74, 6) is 0.700. The zero-order valence-electron chi connectivity index (χ0n) is 14.9. The molecule has 5 nitrogen and oxygen atoms in total. The van der Waals surface area contributed by atoms with Crippen molar-refractivity contribution in [2.75, 3.05) is 6.54 Å². The van der Waals surface area contributed by atoms with Crippen molar-refractivity contribution in [3.05, 3.63) is 23.0 Å². The Kier molecular flexibility index (Phi) is 3.82. The SMILES string of the molecule is CCC1CCCCN1C(=O)c1cc(C2CC2)nc2c1c(C)nn2C. The van der Waals surface area contributed by atoms with Gasteiger partial charge in [0.1, 0.15) is 0 Å². The minimum absolute atomic E-state index is 0.173. The van der Waals surface area contributed by atoms with Crippen LogP contribution in [0.25, 0.3) is 11.0 Å². The number of pyridine rings is 1. The van der Waals surface area contributed by atoms with Crippen molar-refractivity contribution in [2.24, 2.45) is 7.05 Å². The summed E-state index contributed by atoms with van der Waals surface area (Å²) < 4.78 is 1.82. The molecule has 1 saturated heterocycles. The van der Waals surface area contributed by atoms with E-state index in [1.54, 1.807) is 0 Å². The summed E-state index contributed by atoms with van der Waals surface area (Å²) in [6.45, 7) is 5.04. The van der Waals surface area contributed by atoms with Crippen LogP contribution < -0.4 is 0 Å². The minimum atomic E-state index is 0.173. The lowest BCUT2D eigenvalue weighted by Gasteiger charge is -2.35. The van der Waals surface area contributed by atoms with Crippen LogP contribution in [-0.2, 0) is 7.05 Å². The summed E-state index contributed by atoms with van der Waals surface area (Å²) in [5, 5.41) is 5.46. The van der Waals surface area contributed by atoms with Crippen molar-refractivity contribution in [1.29, 1.82) is 0 Å². The molecule has 3 heterocycles. The number of carbonyl (C=O) groups is 1. The Balaban J connectivity index is 1.83. The van der Waals surface area contributed by atoms with Crippen LogP contribution in [0.3, 0.4) is 0 Å². The number of piperidine rings is 1. The molecule has 2 aromatic rings. The zero-order chi connectivity index (χ0) is 16.8. The number of nitrogens with zero attached hydrogens (tertiary/aromatic N) is 4. The van der Waals surface area contributed by atoms with Crippen LogP contribution in [0.4, 0.5) is 0 Å². The number of amides is 1. The van der Waals surface area contributed by atoms with Gasteiger partial charge in [-0.25, -0.2) is 4.98 Å². The average molecular weight is 326 g/mol. The van der Waals surface area contributed by atoms with Crippen LogP contribution >= 0.6 is 0 Å². The maximum atomic E-state index is 13.4. The highest BCUT2D eigenvalue weighted by atomic mass is 16.2. The van der Waals surface area contributed by atoms with Gasteiger partial charge >= 0.3 is 0 Å². The molecule has 1 amide bonds. The summed E-state index contributed by atoms with van der Waals surface area (Å²) >= 11 is 0. The molecule has 1 atom stereocenters. The number of hydrogen-bond donors (Lipinski definition) is 0. The predicted molar refractivity (Wildman–Crippen MR) is 94.2 cm³/mol. The molecular weight excluding hydrogens is 300 g/mol. The highest BCUT2D eigenvalue weighted by Gasteiger charge is 2.32. The van der Waals surface area contributed by atoms with E-state index in [4.69, 9.17) is 4.98 Å². The van der Waals surface area contributed by atoms with Crippen LogP contribution in [0.2, 0.25) is 0 Å². The molecule has 2 fully saturated rings. The Hall–Kier alpha value is -1.91. The monoisotopic (exact) mass is 326 g/mol. The number of rotatable bonds is 3. The predicted octanol–water partition coefficient (Wildman–Crippen LogP) is 3.56. The zero-order valence-corrected chi connectivity index (χ0v) is 14.9.